The number of halogens is 1. The minimum atomic E-state index is 0. The summed E-state index contributed by atoms with van der Waals surface area (Å²) in [6.07, 6.45) is 4.89. The van der Waals surface area contributed by atoms with E-state index in [0.29, 0.717) is 18.6 Å². The number of aryl methyl sites for hydroxylation is 1. The molecule has 0 saturated carbocycles. The summed E-state index contributed by atoms with van der Waals surface area (Å²) in [5.41, 5.74) is 1.42. The second-order valence-electron chi connectivity index (χ2n) is 8.17. The maximum atomic E-state index is 5.79. The predicted octanol–water partition coefficient (Wildman–Crippen LogP) is 2.93. The van der Waals surface area contributed by atoms with Crippen LogP contribution < -0.4 is 5.32 Å². The molecule has 2 aliphatic heterocycles. The van der Waals surface area contributed by atoms with Crippen molar-refractivity contribution in [3.63, 3.8) is 0 Å². The van der Waals surface area contributed by atoms with E-state index in [2.05, 4.69) is 50.7 Å². The molecule has 2 unspecified atom stereocenters. The number of guanidine groups is 1. The van der Waals surface area contributed by atoms with Crippen LogP contribution >= 0.6 is 24.0 Å². The van der Waals surface area contributed by atoms with Crippen LogP contribution in [0.5, 0.6) is 0 Å². The van der Waals surface area contributed by atoms with Gasteiger partial charge in [0.05, 0.1) is 6.10 Å². The van der Waals surface area contributed by atoms with E-state index >= 15 is 0 Å². The highest BCUT2D eigenvalue weighted by Crippen LogP contribution is 2.21. The minimum Gasteiger partial charge on any atom is -0.376 e. The van der Waals surface area contributed by atoms with Crippen molar-refractivity contribution in [3.8, 4) is 0 Å². The molecule has 4 rings (SSSR count). The van der Waals surface area contributed by atoms with Gasteiger partial charge in [0.25, 0.3) is 0 Å². The molecular formula is C22H33IN6O. The Kier molecular flexibility index (Phi) is 8.50. The third-order valence-corrected chi connectivity index (χ3v) is 6.02. The Hall–Kier alpha value is -1.68. The van der Waals surface area contributed by atoms with Crippen LogP contribution in [0.15, 0.2) is 35.3 Å². The van der Waals surface area contributed by atoms with Crippen molar-refractivity contribution < 1.29 is 4.74 Å². The Morgan fingerprint density at radius 3 is 2.77 bits per heavy atom. The molecule has 1 aromatic heterocycles. The molecular weight excluding hydrogens is 491 g/mol. The van der Waals surface area contributed by atoms with E-state index in [0.717, 1.165) is 63.1 Å². The summed E-state index contributed by atoms with van der Waals surface area (Å²) in [6, 6.07) is 10.8. The first-order chi connectivity index (χ1) is 14.2. The summed E-state index contributed by atoms with van der Waals surface area (Å²) in [6.45, 7) is 6.25. The lowest BCUT2D eigenvalue weighted by Crippen LogP contribution is -2.43. The first-order valence-electron chi connectivity index (χ1n) is 10.7. The Bertz CT molecular complexity index is 818. The van der Waals surface area contributed by atoms with Crippen molar-refractivity contribution in [1.29, 1.82) is 0 Å². The van der Waals surface area contributed by atoms with Crippen LogP contribution in [-0.4, -0.2) is 58.0 Å². The van der Waals surface area contributed by atoms with Crippen LogP contribution in [0.2, 0.25) is 0 Å². The van der Waals surface area contributed by atoms with Crippen molar-refractivity contribution in [2.75, 3.05) is 26.2 Å². The van der Waals surface area contributed by atoms with Gasteiger partial charge in [-0.3, -0.25) is 0 Å². The Morgan fingerprint density at radius 1 is 1.23 bits per heavy atom. The van der Waals surface area contributed by atoms with Crippen molar-refractivity contribution in [3.05, 3.63) is 47.5 Å². The molecule has 2 fully saturated rings. The molecule has 0 bridgehead atoms. The fraction of sp³-hybridized carbons (Fsp3) is 0.591. The van der Waals surface area contributed by atoms with Gasteiger partial charge < -0.3 is 19.5 Å². The number of ether oxygens (including phenoxy) is 1. The second-order valence-corrected chi connectivity index (χ2v) is 8.17. The van der Waals surface area contributed by atoms with Gasteiger partial charge in [-0.1, -0.05) is 30.3 Å². The van der Waals surface area contributed by atoms with E-state index in [1.165, 1.54) is 12.0 Å². The van der Waals surface area contributed by atoms with Crippen LogP contribution in [0.25, 0.3) is 0 Å². The first-order valence-corrected chi connectivity index (χ1v) is 10.7. The molecule has 2 atom stereocenters. The van der Waals surface area contributed by atoms with E-state index in [9.17, 15) is 0 Å². The van der Waals surface area contributed by atoms with Crippen LogP contribution in [-0.2, 0) is 24.8 Å². The van der Waals surface area contributed by atoms with Gasteiger partial charge in [-0.15, -0.1) is 34.2 Å². The van der Waals surface area contributed by atoms with E-state index in [4.69, 9.17) is 9.73 Å². The standard InChI is InChI=1S/C22H32N6O.HI/c1-17-25-26-21(27(17)2)15-24-22(23-14-20-9-6-12-29-20)28-11-10-19(16-28)13-18-7-4-3-5-8-18;/h3-5,7-8,19-20H,6,9-16H2,1-2H3,(H,23,24);1H. The number of rotatable bonds is 6. The normalized spacial score (nSPS) is 21.7. The van der Waals surface area contributed by atoms with Gasteiger partial charge in [0.15, 0.2) is 11.8 Å². The molecule has 2 aliphatic rings. The molecule has 7 nitrogen and oxygen atoms in total. The monoisotopic (exact) mass is 524 g/mol. The lowest BCUT2D eigenvalue weighted by molar-refractivity contribution is 0.113. The van der Waals surface area contributed by atoms with E-state index < -0.39 is 0 Å². The fourth-order valence-corrected chi connectivity index (χ4v) is 4.15. The molecule has 0 radical (unpaired) electrons. The maximum absolute atomic E-state index is 5.79. The first kappa shape index (κ1) is 23.0. The maximum Gasteiger partial charge on any atom is 0.194 e. The third-order valence-electron chi connectivity index (χ3n) is 6.02. The molecule has 0 aliphatic carbocycles. The lowest BCUT2D eigenvalue weighted by Gasteiger charge is -2.23. The highest BCUT2D eigenvalue weighted by Gasteiger charge is 2.26. The number of hydrogen-bond acceptors (Lipinski definition) is 4. The van der Waals surface area contributed by atoms with Crippen LogP contribution in [0.1, 0.15) is 36.5 Å². The number of aliphatic imine (C=N–C) groups is 1. The van der Waals surface area contributed by atoms with Crippen LogP contribution in [0, 0.1) is 12.8 Å². The van der Waals surface area contributed by atoms with Gasteiger partial charge in [0.1, 0.15) is 12.4 Å². The summed E-state index contributed by atoms with van der Waals surface area (Å²) in [5, 5.41) is 12.0. The minimum absolute atomic E-state index is 0. The number of aromatic nitrogens is 3. The molecule has 1 N–H and O–H groups in total. The van der Waals surface area contributed by atoms with Gasteiger partial charge in [-0.05, 0) is 44.1 Å². The Morgan fingerprint density at radius 2 is 2.07 bits per heavy atom. The zero-order valence-electron chi connectivity index (χ0n) is 18.0. The predicted molar refractivity (Wildman–Crippen MR) is 129 cm³/mol. The van der Waals surface area contributed by atoms with Crippen molar-refractivity contribution in [1.82, 2.24) is 25.0 Å². The topological polar surface area (TPSA) is 67.6 Å². The summed E-state index contributed by atoms with van der Waals surface area (Å²) in [7, 11) is 1.99. The van der Waals surface area contributed by atoms with Gasteiger partial charge in [0, 0.05) is 33.3 Å². The Labute approximate surface area is 196 Å². The number of hydrogen-bond donors (Lipinski definition) is 1. The van der Waals surface area contributed by atoms with Crippen molar-refractivity contribution >= 4 is 29.9 Å². The average Bonchev–Trinajstić information content (AvgIpc) is 3.48. The molecule has 164 valence electrons. The SMILES string of the molecule is Cc1nnc(CN=C(NCC2CCCO2)N2CCC(Cc3ccccc3)C2)n1C.I. The smallest absolute Gasteiger partial charge is 0.194 e. The highest BCUT2D eigenvalue weighted by molar-refractivity contribution is 14.0. The van der Waals surface area contributed by atoms with Gasteiger partial charge in [-0.2, -0.15) is 0 Å². The molecule has 0 spiro atoms. The number of likely N-dealkylation sites (tertiary alicyclic amines) is 1. The number of benzene rings is 1. The second kappa shape index (κ2) is 11.1. The van der Waals surface area contributed by atoms with Gasteiger partial charge in [-0.25, -0.2) is 4.99 Å². The molecule has 1 aromatic carbocycles. The van der Waals surface area contributed by atoms with Crippen molar-refractivity contribution in [2.45, 2.75) is 45.3 Å². The van der Waals surface area contributed by atoms with E-state index in [1.807, 2.05) is 18.5 Å². The van der Waals surface area contributed by atoms with Gasteiger partial charge >= 0.3 is 0 Å². The number of nitrogens with one attached hydrogen (secondary N) is 1. The number of nitrogens with zero attached hydrogens (tertiary/aromatic N) is 5. The molecule has 3 heterocycles. The lowest BCUT2D eigenvalue weighted by atomic mass is 9.99. The summed E-state index contributed by atoms with van der Waals surface area (Å²) >= 11 is 0. The molecule has 8 heteroatoms. The summed E-state index contributed by atoms with van der Waals surface area (Å²) in [4.78, 5) is 7.30. The third kappa shape index (κ3) is 5.94. The van der Waals surface area contributed by atoms with E-state index in [-0.39, 0.29) is 24.0 Å². The largest absolute Gasteiger partial charge is 0.376 e. The Balaban J connectivity index is 0.00000256. The quantitative estimate of drug-likeness (QED) is 0.358. The zero-order valence-corrected chi connectivity index (χ0v) is 20.3. The van der Waals surface area contributed by atoms with Crippen LogP contribution in [0.3, 0.4) is 0 Å². The van der Waals surface area contributed by atoms with Crippen LogP contribution in [0.4, 0.5) is 0 Å². The van der Waals surface area contributed by atoms with Crippen molar-refractivity contribution in [2.24, 2.45) is 18.0 Å². The van der Waals surface area contributed by atoms with E-state index in [1.54, 1.807) is 0 Å². The highest BCUT2D eigenvalue weighted by atomic mass is 127. The molecule has 30 heavy (non-hydrogen) atoms. The summed E-state index contributed by atoms with van der Waals surface area (Å²) in [5.74, 6) is 3.42. The summed E-state index contributed by atoms with van der Waals surface area (Å²) < 4.78 is 7.79. The van der Waals surface area contributed by atoms with Gasteiger partial charge in [0.2, 0.25) is 0 Å². The molecule has 0 amide bonds. The average molecular weight is 524 g/mol. The molecule has 2 aromatic rings. The molecule has 2 saturated heterocycles. The fourth-order valence-electron chi connectivity index (χ4n) is 4.15. The zero-order chi connectivity index (χ0) is 20.1.